The summed E-state index contributed by atoms with van der Waals surface area (Å²) in [5.74, 6) is 0.215. The molecule has 2 heterocycles. The molecule has 2 amide bonds. The first-order valence-corrected chi connectivity index (χ1v) is 9.10. The molecule has 2 atom stereocenters. The van der Waals surface area contributed by atoms with E-state index in [-0.39, 0.29) is 23.8 Å². The zero-order chi connectivity index (χ0) is 17.8. The molecule has 0 aliphatic carbocycles. The third kappa shape index (κ3) is 4.19. The van der Waals surface area contributed by atoms with Gasteiger partial charge in [-0.15, -0.1) is 0 Å². The molecular formula is C19H27N3O3. The number of nitrogens with one attached hydrogen (secondary N) is 1. The van der Waals surface area contributed by atoms with E-state index in [1.807, 2.05) is 36.1 Å². The highest BCUT2D eigenvalue weighted by atomic mass is 16.5. The SMILES string of the molecule is CC(NC(=O)C(N)C1CCOCC1)c1cccc(N2CCCC2=O)c1. The molecule has 6 nitrogen and oxygen atoms in total. The van der Waals surface area contributed by atoms with Crippen LogP contribution in [0, 0.1) is 5.92 Å². The third-order valence-electron chi connectivity index (χ3n) is 5.19. The van der Waals surface area contributed by atoms with Gasteiger partial charge < -0.3 is 20.7 Å². The van der Waals surface area contributed by atoms with Crippen molar-refractivity contribution >= 4 is 17.5 Å². The summed E-state index contributed by atoms with van der Waals surface area (Å²) in [6.07, 6.45) is 3.16. The summed E-state index contributed by atoms with van der Waals surface area (Å²) in [6.45, 7) is 4.05. The molecule has 0 saturated carbocycles. The summed E-state index contributed by atoms with van der Waals surface area (Å²) in [5, 5.41) is 3.01. The number of benzene rings is 1. The lowest BCUT2D eigenvalue weighted by Crippen LogP contribution is -2.47. The van der Waals surface area contributed by atoms with Gasteiger partial charge in [0.15, 0.2) is 0 Å². The molecule has 3 N–H and O–H groups in total. The van der Waals surface area contributed by atoms with Crippen LogP contribution in [0.2, 0.25) is 0 Å². The first-order chi connectivity index (χ1) is 12.1. The van der Waals surface area contributed by atoms with Crippen LogP contribution in [0.15, 0.2) is 24.3 Å². The molecule has 2 aliphatic rings. The van der Waals surface area contributed by atoms with Gasteiger partial charge in [-0.25, -0.2) is 0 Å². The van der Waals surface area contributed by atoms with E-state index >= 15 is 0 Å². The molecule has 2 fully saturated rings. The summed E-state index contributed by atoms with van der Waals surface area (Å²) in [7, 11) is 0. The number of nitrogens with two attached hydrogens (primary N) is 1. The largest absolute Gasteiger partial charge is 0.381 e. The van der Waals surface area contributed by atoms with Crippen molar-refractivity contribution in [1.82, 2.24) is 5.32 Å². The van der Waals surface area contributed by atoms with E-state index < -0.39 is 6.04 Å². The molecule has 2 saturated heterocycles. The molecule has 0 aromatic heterocycles. The maximum Gasteiger partial charge on any atom is 0.237 e. The fourth-order valence-corrected chi connectivity index (χ4v) is 3.57. The van der Waals surface area contributed by atoms with Crippen LogP contribution in [0.3, 0.4) is 0 Å². The standard InChI is InChI=1S/C19H27N3O3/c1-13(21-19(24)18(20)14-7-10-25-11-8-14)15-4-2-5-16(12-15)22-9-3-6-17(22)23/h2,4-5,12-14,18H,3,6-11,20H2,1H3,(H,21,24). The van der Waals surface area contributed by atoms with Gasteiger partial charge in [0.1, 0.15) is 0 Å². The Morgan fingerprint density at radius 1 is 1.36 bits per heavy atom. The van der Waals surface area contributed by atoms with Gasteiger partial charge in [-0.3, -0.25) is 9.59 Å². The van der Waals surface area contributed by atoms with Crippen LogP contribution in [0.1, 0.15) is 44.2 Å². The van der Waals surface area contributed by atoms with Gasteiger partial charge in [-0.1, -0.05) is 12.1 Å². The Morgan fingerprint density at radius 2 is 2.12 bits per heavy atom. The van der Waals surface area contributed by atoms with Gasteiger partial charge in [0.2, 0.25) is 11.8 Å². The fourth-order valence-electron chi connectivity index (χ4n) is 3.57. The highest BCUT2D eigenvalue weighted by Crippen LogP contribution is 2.25. The molecular weight excluding hydrogens is 318 g/mol. The van der Waals surface area contributed by atoms with E-state index in [4.69, 9.17) is 10.5 Å². The average molecular weight is 345 g/mol. The van der Waals surface area contributed by atoms with Crippen molar-refractivity contribution in [3.05, 3.63) is 29.8 Å². The van der Waals surface area contributed by atoms with Crippen molar-refractivity contribution in [2.45, 2.75) is 44.7 Å². The monoisotopic (exact) mass is 345 g/mol. The number of hydrogen-bond acceptors (Lipinski definition) is 4. The number of hydrogen-bond donors (Lipinski definition) is 2. The van der Waals surface area contributed by atoms with E-state index in [0.29, 0.717) is 19.6 Å². The van der Waals surface area contributed by atoms with Gasteiger partial charge in [0.25, 0.3) is 0 Å². The zero-order valence-electron chi connectivity index (χ0n) is 14.7. The van der Waals surface area contributed by atoms with Gasteiger partial charge in [-0.2, -0.15) is 0 Å². The first kappa shape index (κ1) is 17.9. The number of rotatable bonds is 5. The minimum Gasteiger partial charge on any atom is -0.381 e. The fraction of sp³-hybridized carbons (Fsp3) is 0.579. The number of carbonyl (C=O) groups excluding carboxylic acids is 2. The Balaban J connectivity index is 1.63. The Labute approximate surface area is 148 Å². The van der Waals surface area contributed by atoms with Crippen LogP contribution < -0.4 is 16.0 Å². The van der Waals surface area contributed by atoms with Crippen molar-refractivity contribution in [2.75, 3.05) is 24.7 Å². The topological polar surface area (TPSA) is 84.7 Å². The lowest BCUT2D eigenvalue weighted by Gasteiger charge is -2.28. The van der Waals surface area contributed by atoms with Crippen LogP contribution in [0.25, 0.3) is 0 Å². The predicted molar refractivity (Wildman–Crippen MR) is 96.1 cm³/mol. The van der Waals surface area contributed by atoms with Crippen LogP contribution in [-0.4, -0.2) is 37.6 Å². The first-order valence-electron chi connectivity index (χ1n) is 9.10. The predicted octanol–water partition coefficient (Wildman–Crippen LogP) is 1.74. The van der Waals surface area contributed by atoms with Crippen molar-refractivity contribution in [3.63, 3.8) is 0 Å². The smallest absolute Gasteiger partial charge is 0.237 e. The third-order valence-corrected chi connectivity index (χ3v) is 5.19. The Hall–Kier alpha value is -1.92. The second kappa shape index (κ2) is 7.97. The molecule has 3 rings (SSSR count). The summed E-state index contributed by atoms with van der Waals surface area (Å²) < 4.78 is 5.33. The van der Waals surface area contributed by atoms with Crippen LogP contribution in [0.4, 0.5) is 5.69 Å². The molecule has 1 aromatic carbocycles. The average Bonchev–Trinajstić information content (AvgIpc) is 3.07. The van der Waals surface area contributed by atoms with Crippen LogP contribution in [-0.2, 0) is 14.3 Å². The van der Waals surface area contributed by atoms with Crippen molar-refractivity contribution in [3.8, 4) is 0 Å². The van der Waals surface area contributed by atoms with Gasteiger partial charge in [-0.05, 0) is 49.8 Å². The molecule has 25 heavy (non-hydrogen) atoms. The number of anilines is 1. The number of amides is 2. The van der Waals surface area contributed by atoms with Crippen LogP contribution >= 0.6 is 0 Å². The van der Waals surface area contributed by atoms with Crippen molar-refractivity contribution < 1.29 is 14.3 Å². The maximum atomic E-state index is 12.5. The number of ether oxygens (including phenoxy) is 1. The molecule has 136 valence electrons. The van der Waals surface area contributed by atoms with Crippen LogP contribution in [0.5, 0.6) is 0 Å². The second-order valence-electron chi connectivity index (χ2n) is 6.95. The summed E-state index contributed by atoms with van der Waals surface area (Å²) in [4.78, 5) is 26.2. The highest BCUT2D eigenvalue weighted by molar-refractivity contribution is 5.95. The van der Waals surface area contributed by atoms with Gasteiger partial charge in [0.05, 0.1) is 12.1 Å². The van der Waals surface area contributed by atoms with E-state index in [1.54, 1.807) is 0 Å². The molecule has 2 unspecified atom stereocenters. The molecule has 0 radical (unpaired) electrons. The Bertz CT molecular complexity index is 628. The van der Waals surface area contributed by atoms with Gasteiger partial charge in [0, 0.05) is 31.9 Å². The second-order valence-corrected chi connectivity index (χ2v) is 6.95. The van der Waals surface area contributed by atoms with Crippen molar-refractivity contribution in [2.24, 2.45) is 11.7 Å². The van der Waals surface area contributed by atoms with E-state index in [1.165, 1.54) is 0 Å². The lowest BCUT2D eigenvalue weighted by atomic mass is 9.91. The summed E-state index contributed by atoms with van der Waals surface area (Å²) in [6, 6.07) is 7.15. The molecule has 0 spiro atoms. The molecule has 6 heteroatoms. The summed E-state index contributed by atoms with van der Waals surface area (Å²) >= 11 is 0. The van der Waals surface area contributed by atoms with Crippen molar-refractivity contribution in [1.29, 1.82) is 0 Å². The minimum absolute atomic E-state index is 0.123. The summed E-state index contributed by atoms with van der Waals surface area (Å²) in [5.41, 5.74) is 8.02. The minimum atomic E-state index is -0.505. The Kier molecular flexibility index (Phi) is 5.71. The highest BCUT2D eigenvalue weighted by Gasteiger charge is 2.28. The zero-order valence-corrected chi connectivity index (χ0v) is 14.7. The maximum absolute atomic E-state index is 12.5. The van der Waals surface area contributed by atoms with E-state index in [0.717, 1.165) is 37.1 Å². The quantitative estimate of drug-likeness (QED) is 0.851. The lowest BCUT2D eigenvalue weighted by molar-refractivity contribution is -0.125. The van der Waals surface area contributed by atoms with E-state index in [9.17, 15) is 9.59 Å². The number of carbonyl (C=O) groups is 2. The molecule has 1 aromatic rings. The molecule has 0 bridgehead atoms. The van der Waals surface area contributed by atoms with Gasteiger partial charge >= 0.3 is 0 Å². The Morgan fingerprint density at radius 3 is 2.80 bits per heavy atom. The molecule has 2 aliphatic heterocycles. The van der Waals surface area contributed by atoms with E-state index in [2.05, 4.69) is 5.32 Å². The normalized spacial score (nSPS) is 21.2. The number of nitrogens with zero attached hydrogens (tertiary/aromatic N) is 1.